The second-order valence-electron chi connectivity index (χ2n) is 5.51. The van der Waals surface area contributed by atoms with Gasteiger partial charge in [0.15, 0.2) is 0 Å². The third-order valence-electron chi connectivity index (χ3n) is 3.88. The first kappa shape index (κ1) is 17.4. The average molecular weight is 322 g/mol. The number of carbonyl (C=O) groups excluding carboxylic acids is 1. The van der Waals surface area contributed by atoms with Crippen LogP contribution in [0.2, 0.25) is 0 Å². The van der Waals surface area contributed by atoms with E-state index < -0.39 is 11.0 Å². The zero-order chi connectivity index (χ0) is 16.7. The third kappa shape index (κ3) is 5.01. The molecule has 0 radical (unpaired) electrons. The molecule has 0 amide bonds. The predicted octanol–water partition coefficient (Wildman–Crippen LogP) is 2.04. The normalized spacial score (nSPS) is 19.1. The van der Waals surface area contributed by atoms with Crippen molar-refractivity contribution < 1.29 is 19.2 Å². The molecule has 1 heterocycles. The van der Waals surface area contributed by atoms with E-state index in [9.17, 15) is 14.9 Å². The maximum absolute atomic E-state index is 12.2. The molecule has 0 bridgehead atoms. The number of nitrogens with zero attached hydrogens (tertiary/aromatic N) is 1. The third-order valence-corrected chi connectivity index (χ3v) is 3.88. The molecule has 1 aliphatic heterocycles. The van der Waals surface area contributed by atoms with Crippen molar-refractivity contribution in [2.24, 2.45) is 5.92 Å². The van der Waals surface area contributed by atoms with Gasteiger partial charge >= 0.3 is 5.97 Å². The lowest BCUT2D eigenvalue weighted by Crippen LogP contribution is -2.46. The molecule has 2 rings (SSSR count). The van der Waals surface area contributed by atoms with Gasteiger partial charge in [-0.15, -0.1) is 0 Å². The van der Waals surface area contributed by atoms with Gasteiger partial charge in [-0.2, -0.15) is 0 Å². The van der Waals surface area contributed by atoms with Crippen LogP contribution in [0.5, 0.6) is 0 Å². The van der Waals surface area contributed by atoms with E-state index in [1.807, 2.05) is 0 Å². The van der Waals surface area contributed by atoms with Crippen LogP contribution in [0.4, 0.5) is 5.69 Å². The van der Waals surface area contributed by atoms with Crippen LogP contribution in [0, 0.1) is 16.0 Å². The number of nitro benzene ring substituents is 1. The van der Waals surface area contributed by atoms with Crippen LogP contribution in [0.3, 0.4) is 0 Å². The molecule has 0 unspecified atom stereocenters. The molecule has 7 nitrogen and oxygen atoms in total. The molecule has 0 aliphatic carbocycles. The molecule has 23 heavy (non-hydrogen) atoms. The summed E-state index contributed by atoms with van der Waals surface area (Å²) in [6.45, 7) is 3.83. The van der Waals surface area contributed by atoms with E-state index >= 15 is 0 Å². The minimum absolute atomic E-state index is 0.0522. The Morgan fingerprint density at radius 3 is 2.78 bits per heavy atom. The van der Waals surface area contributed by atoms with Gasteiger partial charge in [0, 0.05) is 31.2 Å². The number of hydrogen-bond acceptors (Lipinski definition) is 6. The van der Waals surface area contributed by atoms with Crippen LogP contribution in [-0.4, -0.2) is 36.8 Å². The molecular weight excluding hydrogens is 300 g/mol. The minimum Gasteiger partial charge on any atom is -0.465 e. The lowest BCUT2D eigenvalue weighted by Gasteiger charge is -2.29. The smallest absolute Gasteiger partial charge is 0.323 e. The molecule has 1 fully saturated rings. The van der Waals surface area contributed by atoms with Crippen molar-refractivity contribution in [2.45, 2.75) is 32.4 Å². The zero-order valence-corrected chi connectivity index (χ0v) is 13.2. The van der Waals surface area contributed by atoms with Gasteiger partial charge in [-0.05, 0) is 25.3 Å². The Hall–Kier alpha value is -1.99. The fourth-order valence-electron chi connectivity index (χ4n) is 2.67. The number of nitro groups is 1. The lowest BCUT2D eigenvalue weighted by molar-refractivity contribution is -0.384. The summed E-state index contributed by atoms with van der Waals surface area (Å²) >= 11 is 0. The summed E-state index contributed by atoms with van der Waals surface area (Å²) < 4.78 is 10.6. The molecule has 7 heteroatoms. The lowest BCUT2D eigenvalue weighted by atomic mass is 9.93. The summed E-state index contributed by atoms with van der Waals surface area (Å²) in [5.74, 6) is -0.189. The quantitative estimate of drug-likeness (QED) is 0.469. The molecule has 1 saturated heterocycles. The van der Waals surface area contributed by atoms with E-state index in [-0.39, 0.29) is 17.6 Å². The number of ether oxygens (including phenoxy) is 2. The summed E-state index contributed by atoms with van der Waals surface area (Å²) in [5, 5.41) is 13.9. The summed E-state index contributed by atoms with van der Waals surface area (Å²) in [5.41, 5.74) is 0.929. The number of non-ortho nitro benzene ring substituents is 1. The van der Waals surface area contributed by atoms with Gasteiger partial charge < -0.3 is 9.47 Å². The first-order valence-electron chi connectivity index (χ1n) is 7.83. The fourth-order valence-corrected chi connectivity index (χ4v) is 2.67. The number of rotatable bonds is 7. The molecule has 1 N–H and O–H groups in total. The highest BCUT2D eigenvalue weighted by atomic mass is 16.6. The molecule has 126 valence electrons. The van der Waals surface area contributed by atoms with Crippen LogP contribution < -0.4 is 5.32 Å². The van der Waals surface area contributed by atoms with E-state index in [1.165, 1.54) is 12.1 Å². The van der Waals surface area contributed by atoms with Crippen molar-refractivity contribution in [3.05, 3.63) is 39.9 Å². The van der Waals surface area contributed by atoms with Gasteiger partial charge in [-0.1, -0.05) is 12.1 Å². The number of benzene rings is 1. The molecule has 2 atom stereocenters. The van der Waals surface area contributed by atoms with E-state index in [0.29, 0.717) is 19.8 Å². The van der Waals surface area contributed by atoms with Crippen molar-refractivity contribution in [1.29, 1.82) is 0 Å². The summed E-state index contributed by atoms with van der Waals surface area (Å²) in [6.07, 6.45) is 1.84. The van der Waals surface area contributed by atoms with Gasteiger partial charge in [-0.25, -0.2) is 0 Å². The van der Waals surface area contributed by atoms with Crippen LogP contribution in [0.1, 0.15) is 25.3 Å². The summed E-state index contributed by atoms with van der Waals surface area (Å²) in [4.78, 5) is 22.4. The Bertz CT molecular complexity index is 526. The van der Waals surface area contributed by atoms with Crippen molar-refractivity contribution >= 4 is 11.7 Å². The van der Waals surface area contributed by atoms with Crippen LogP contribution in [-0.2, 0) is 20.8 Å². The minimum atomic E-state index is -0.433. The SMILES string of the molecule is CCOC(=O)[C@H](NCc1ccc([N+](=O)[O-])cc1)[C@@H]1CCCOC1. The number of carbonyl (C=O) groups is 1. The second kappa shape index (κ2) is 8.59. The predicted molar refractivity (Wildman–Crippen MR) is 83.9 cm³/mol. The van der Waals surface area contributed by atoms with Crippen LogP contribution >= 0.6 is 0 Å². The highest BCUT2D eigenvalue weighted by Crippen LogP contribution is 2.19. The monoisotopic (exact) mass is 322 g/mol. The summed E-state index contributed by atoms with van der Waals surface area (Å²) in [7, 11) is 0. The number of nitrogens with one attached hydrogen (secondary N) is 1. The fraction of sp³-hybridized carbons (Fsp3) is 0.562. The van der Waals surface area contributed by atoms with E-state index in [2.05, 4.69) is 5.32 Å². The molecule has 1 aliphatic rings. The van der Waals surface area contributed by atoms with Gasteiger partial charge in [0.25, 0.3) is 5.69 Å². The Labute approximate surface area is 135 Å². The topological polar surface area (TPSA) is 90.7 Å². The Balaban J connectivity index is 1.98. The van der Waals surface area contributed by atoms with E-state index in [1.54, 1.807) is 19.1 Å². The molecule has 0 saturated carbocycles. The zero-order valence-electron chi connectivity index (χ0n) is 13.2. The summed E-state index contributed by atoms with van der Waals surface area (Å²) in [6, 6.07) is 5.86. The van der Waals surface area contributed by atoms with Crippen molar-refractivity contribution in [3.63, 3.8) is 0 Å². The maximum Gasteiger partial charge on any atom is 0.323 e. The maximum atomic E-state index is 12.2. The van der Waals surface area contributed by atoms with Gasteiger partial charge in [0.1, 0.15) is 6.04 Å². The first-order valence-corrected chi connectivity index (χ1v) is 7.83. The van der Waals surface area contributed by atoms with E-state index in [4.69, 9.17) is 9.47 Å². The molecule has 0 spiro atoms. The second-order valence-corrected chi connectivity index (χ2v) is 5.51. The standard InChI is InChI=1S/C16H22N2O5/c1-2-23-16(19)15(13-4-3-9-22-11-13)17-10-12-5-7-14(8-6-12)18(20)21/h5-8,13,15,17H,2-4,9-11H2,1H3/t13-,15-/m1/s1. The van der Waals surface area contributed by atoms with Crippen molar-refractivity contribution in [2.75, 3.05) is 19.8 Å². The number of hydrogen-bond donors (Lipinski definition) is 1. The Kier molecular flexibility index (Phi) is 6.49. The highest BCUT2D eigenvalue weighted by Gasteiger charge is 2.30. The van der Waals surface area contributed by atoms with Gasteiger partial charge in [-0.3, -0.25) is 20.2 Å². The van der Waals surface area contributed by atoms with E-state index in [0.717, 1.165) is 25.0 Å². The number of esters is 1. The molecule has 1 aromatic carbocycles. The molecular formula is C16H22N2O5. The average Bonchev–Trinajstić information content (AvgIpc) is 2.57. The molecule has 0 aromatic heterocycles. The molecule has 1 aromatic rings. The highest BCUT2D eigenvalue weighted by molar-refractivity contribution is 5.76. The Morgan fingerprint density at radius 1 is 1.48 bits per heavy atom. The van der Waals surface area contributed by atoms with Gasteiger partial charge in [0.2, 0.25) is 0 Å². The van der Waals surface area contributed by atoms with Crippen molar-refractivity contribution in [3.8, 4) is 0 Å². The largest absolute Gasteiger partial charge is 0.465 e. The van der Waals surface area contributed by atoms with Crippen LogP contribution in [0.25, 0.3) is 0 Å². The van der Waals surface area contributed by atoms with Gasteiger partial charge in [0.05, 0.1) is 18.1 Å². The first-order chi connectivity index (χ1) is 11.1. The van der Waals surface area contributed by atoms with Crippen LogP contribution in [0.15, 0.2) is 24.3 Å². The Morgan fingerprint density at radius 2 is 2.22 bits per heavy atom. The van der Waals surface area contributed by atoms with Crippen molar-refractivity contribution in [1.82, 2.24) is 5.32 Å².